The molecule has 4 rings (SSSR count). The van der Waals surface area contributed by atoms with E-state index in [1.165, 1.54) is 0 Å². The molecule has 96 valence electrons. The van der Waals surface area contributed by atoms with E-state index in [0.717, 1.165) is 21.9 Å². The van der Waals surface area contributed by atoms with Crippen molar-refractivity contribution in [2.24, 2.45) is 0 Å². The molecule has 20 heavy (non-hydrogen) atoms. The fraction of sp³-hybridized carbons (Fsp3) is 0. The highest BCUT2D eigenvalue weighted by Gasteiger charge is 2.17. The molecule has 2 N–H and O–H groups in total. The highest BCUT2D eigenvalue weighted by molar-refractivity contribution is 6.15. The summed E-state index contributed by atoms with van der Waals surface area (Å²) in [5.74, 6) is 0.273. The molecule has 4 aromatic rings. The fourth-order valence-electron chi connectivity index (χ4n) is 2.45. The molecule has 0 atom stereocenters. The van der Waals surface area contributed by atoms with Gasteiger partial charge in [0.25, 0.3) is 0 Å². The molecule has 0 aliphatic heterocycles. The van der Waals surface area contributed by atoms with Crippen LogP contribution >= 0.6 is 0 Å². The highest BCUT2D eigenvalue weighted by atomic mass is 16.1. The topological polar surface area (TPSA) is 61.5 Å². The van der Waals surface area contributed by atoms with Gasteiger partial charge in [-0.2, -0.15) is 0 Å². The van der Waals surface area contributed by atoms with Gasteiger partial charge in [-0.25, -0.2) is 4.98 Å². The van der Waals surface area contributed by atoms with Crippen LogP contribution in [0.3, 0.4) is 0 Å². The van der Waals surface area contributed by atoms with Gasteiger partial charge < -0.3 is 9.97 Å². The van der Waals surface area contributed by atoms with Gasteiger partial charge in [-0.1, -0.05) is 30.3 Å². The lowest BCUT2D eigenvalue weighted by Crippen LogP contribution is -2.02. The first-order valence-electron chi connectivity index (χ1n) is 6.38. The Labute approximate surface area is 114 Å². The maximum atomic E-state index is 12.6. The Morgan fingerprint density at radius 3 is 2.55 bits per heavy atom. The number of rotatable bonds is 2. The molecule has 0 aliphatic rings. The zero-order valence-corrected chi connectivity index (χ0v) is 10.6. The zero-order chi connectivity index (χ0) is 13.5. The van der Waals surface area contributed by atoms with Gasteiger partial charge in [0.05, 0.1) is 16.6 Å². The van der Waals surface area contributed by atoms with Gasteiger partial charge in [0.1, 0.15) is 0 Å². The summed E-state index contributed by atoms with van der Waals surface area (Å²) in [6, 6.07) is 15.4. The van der Waals surface area contributed by atoms with Crippen molar-refractivity contribution in [3.8, 4) is 0 Å². The van der Waals surface area contributed by atoms with Crippen LogP contribution in [0.15, 0.2) is 54.7 Å². The average Bonchev–Trinajstić information content (AvgIpc) is 3.10. The van der Waals surface area contributed by atoms with Gasteiger partial charge in [0.15, 0.2) is 5.82 Å². The van der Waals surface area contributed by atoms with Crippen LogP contribution in [0.2, 0.25) is 0 Å². The Kier molecular flexibility index (Phi) is 2.23. The van der Waals surface area contributed by atoms with Gasteiger partial charge in [-0.05, 0) is 18.2 Å². The van der Waals surface area contributed by atoms with Gasteiger partial charge in [0.2, 0.25) is 5.78 Å². The van der Waals surface area contributed by atoms with E-state index in [9.17, 15) is 4.79 Å². The van der Waals surface area contributed by atoms with Crippen molar-refractivity contribution in [3.05, 3.63) is 66.1 Å². The smallest absolute Gasteiger partial charge is 0.230 e. The number of carbonyl (C=O) groups excluding carboxylic acids is 1. The second-order valence-electron chi connectivity index (χ2n) is 4.68. The number of imidazole rings is 1. The van der Waals surface area contributed by atoms with E-state index in [1.807, 2.05) is 48.5 Å². The summed E-state index contributed by atoms with van der Waals surface area (Å²) in [7, 11) is 0. The summed E-state index contributed by atoms with van der Waals surface area (Å²) in [5, 5.41) is 0.915. The Hall–Kier alpha value is -2.88. The number of ketones is 1. The van der Waals surface area contributed by atoms with Crippen molar-refractivity contribution in [2.45, 2.75) is 0 Å². The summed E-state index contributed by atoms with van der Waals surface area (Å²) < 4.78 is 0. The fourth-order valence-corrected chi connectivity index (χ4v) is 2.45. The van der Waals surface area contributed by atoms with Gasteiger partial charge in [-0.15, -0.1) is 0 Å². The van der Waals surface area contributed by atoms with E-state index in [0.29, 0.717) is 11.4 Å². The first-order chi connectivity index (χ1) is 9.83. The van der Waals surface area contributed by atoms with Crippen LogP contribution in [-0.2, 0) is 0 Å². The second-order valence-corrected chi connectivity index (χ2v) is 4.68. The summed E-state index contributed by atoms with van der Waals surface area (Å²) in [6.45, 7) is 0. The first kappa shape index (κ1) is 11.0. The molecule has 0 spiro atoms. The summed E-state index contributed by atoms with van der Waals surface area (Å²) in [5.41, 5.74) is 3.26. The molecule has 0 bridgehead atoms. The van der Waals surface area contributed by atoms with E-state index in [-0.39, 0.29) is 5.78 Å². The SMILES string of the molecule is O=C(c1nc2ccccc2[nH]1)c1c[nH]c2ccccc12. The first-order valence-corrected chi connectivity index (χ1v) is 6.38. The predicted molar refractivity (Wildman–Crippen MR) is 77.8 cm³/mol. The lowest BCUT2D eigenvalue weighted by molar-refractivity contribution is 0.103. The standard InChI is InChI=1S/C16H11N3O/c20-15(11-9-17-12-6-2-1-5-10(11)12)16-18-13-7-3-4-8-14(13)19-16/h1-9,17H,(H,18,19). The number of hydrogen-bond acceptors (Lipinski definition) is 2. The molecule has 4 nitrogen and oxygen atoms in total. The van der Waals surface area contributed by atoms with Gasteiger partial charge in [0, 0.05) is 17.1 Å². The summed E-state index contributed by atoms with van der Waals surface area (Å²) >= 11 is 0. The minimum absolute atomic E-state index is 0.0985. The Morgan fingerprint density at radius 2 is 1.70 bits per heavy atom. The van der Waals surface area contributed by atoms with Crippen LogP contribution in [0.25, 0.3) is 21.9 Å². The number of aromatic nitrogens is 3. The number of benzene rings is 2. The third kappa shape index (κ3) is 1.55. The van der Waals surface area contributed by atoms with Crippen molar-refractivity contribution in [1.82, 2.24) is 15.0 Å². The number of H-pyrrole nitrogens is 2. The molecule has 0 fully saturated rings. The van der Waals surface area contributed by atoms with Crippen molar-refractivity contribution in [1.29, 1.82) is 0 Å². The molecular weight excluding hydrogens is 250 g/mol. The highest BCUT2D eigenvalue weighted by Crippen LogP contribution is 2.21. The number of carbonyl (C=O) groups is 1. The number of aromatic amines is 2. The molecule has 2 aromatic carbocycles. The average molecular weight is 261 g/mol. The van der Waals surface area contributed by atoms with Crippen LogP contribution in [-0.4, -0.2) is 20.7 Å². The number of hydrogen-bond donors (Lipinski definition) is 2. The Balaban J connectivity index is 1.87. The summed E-state index contributed by atoms with van der Waals surface area (Å²) in [4.78, 5) is 23.1. The molecule has 0 saturated heterocycles. The minimum atomic E-state index is -0.0985. The monoisotopic (exact) mass is 261 g/mol. The molecule has 0 unspecified atom stereocenters. The molecule has 4 heteroatoms. The van der Waals surface area contributed by atoms with E-state index in [4.69, 9.17) is 0 Å². The third-order valence-electron chi connectivity index (χ3n) is 3.44. The van der Waals surface area contributed by atoms with Crippen LogP contribution in [0, 0.1) is 0 Å². The third-order valence-corrected chi connectivity index (χ3v) is 3.44. The number of nitrogens with one attached hydrogen (secondary N) is 2. The summed E-state index contributed by atoms with van der Waals surface area (Å²) in [6.07, 6.45) is 1.74. The number of fused-ring (bicyclic) bond motifs is 2. The van der Waals surface area contributed by atoms with Crippen LogP contribution in [0.1, 0.15) is 16.2 Å². The van der Waals surface area contributed by atoms with Crippen molar-refractivity contribution >= 4 is 27.7 Å². The van der Waals surface area contributed by atoms with Crippen molar-refractivity contribution < 1.29 is 4.79 Å². The number of para-hydroxylation sites is 3. The van der Waals surface area contributed by atoms with Gasteiger partial charge >= 0.3 is 0 Å². The maximum absolute atomic E-state index is 12.6. The largest absolute Gasteiger partial charge is 0.360 e. The minimum Gasteiger partial charge on any atom is -0.360 e. The lowest BCUT2D eigenvalue weighted by atomic mass is 10.1. The number of nitrogens with zero attached hydrogens (tertiary/aromatic N) is 1. The predicted octanol–water partition coefficient (Wildman–Crippen LogP) is 3.28. The zero-order valence-electron chi connectivity index (χ0n) is 10.6. The Bertz CT molecular complexity index is 900. The van der Waals surface area contributed by atoms with E-state index in [2.05, 4.69) is 15.0 Å². The molecular formula is C16H11N3O. The molecule has 0 amide bonds. The lowest BCUT2D eigenvalue weighted by Gasteiger charge is -1.95. The van der Waals surface area contributed by atoms with Crippen molar-refractivity contribution in [2.75, 3.05) is 0 Å². The Morgan fingerprint density at radius 1 is 0.950 bits per heavy atom. The maximum Gasteiger partial charge on any atom is 0.230 e. The normalized spacial score (nSPS) is 11.2. The second kappa shape index (κ2) is 4.06. The van der Waals surface area contributed by atoms with Crippen LogP contribution < -0.4 is 0 Å². The quantitative estimate of drug-likeness (QED) is 0.544. The van der Waals surface area contributed by atoms with Gasteiger partial charge in [-0.3, -0.25) is 4.79 Å². The van der Waals surface area contributed by atoms with E-state index >= 15 is 0 Å². The molecule has 0 aliphatic carbocycles. The van der Waals surface area contributed by atoms with Crippen LogP contribution in [0.4, 0.5) is 0 Å². The molecule has 0 radical (unpaired) electrons. The van der Waals surface area contributed by atoms with E-state index in [1.54, 1.807) is 6.20 Å². The molecule has 2 aromatic heterocycles. The molecule has 2 heterocycles. The van der Waals surface area contributed by atoms with E-state index < -0.39 is 0 Å². The van der Waals surface area contributed by atoms with Crippen molar-refractivity contribution in [3.63, 3.8) is 0 Å². The molecule has 0 saturated carbocycles. The van der Waals surface area contributed by atoms with Crippen LogP contribution in [0.5, 0.6) is 0 Å².